The van der Waals surface area contributed by atoms with E-state index in [1.165, 1.54) is 6.07 Å². The number of alkyl halides is 3. The van der Waals surface area contributed by atoms with Crippen LogP contribution in [-0.2, 0) is 15.7 Å². The van der Waals surface area contributed by atoms with Crippen LogP contribution in [0.25, 0.3) is 0 Å². The van der Waals surface area contributed by atoms with Crippen LogP contribution in [-0.4, -0.2) is 31.4 Å². The van der Waals surface area contributed by atoms with Crippen LogP contribution in [0.4, 0.5) is 29.3 Å². The van der Waals surface area contributed by atoms with Gasteiger partial charge >= 0.3 is 12.3 Å². The first-order valence-corrected chi connectivity index (χ1v) is 10.1. The Morgan fingerprint density at radius 2 is 1.93 bits per heavy atom. The number of carbonyl (C=O) groups excluding carboxylic acids is 2. The molecule has 0 saturated carbocycles. The minimum absolute atomic E-state index is 0.0279. The van der Waals surface area contributed by atoms with Crippen molar-refractivity contribution in [2.45, 2.75) is 23.9 Å². The number of hydrogen-bond acceptors (Lipinski definition) is 5. The van der Waals surface area contributed by atoms with Crippen molar-refractivity contribution >= 4 is 35.1 Å². The monoisotopic (exact) mass is 424 g/mol. The number of benzene rings is 2. The molecule has 0 aromatic heterocycles. The van der Waals surface area contributed by atoms with Crippen molar-refractivity contribution in [1.29, 1.82) is 0 Å². The summed E-state index contributed by atoms with van der Waals surface area (Å²) in [4.78, 5) is 26.7. The maximum Gasteiger partial charge on any atom is 0.421 e. The second-order valence-electron chi connectivity index (χ2n) is 6.28. The molecule has 0 bridgehead atoms. The molecule has 1 atom stereocenters. The summed E-state index contributed by atoms with van der Waals surface area (Å²) >= 11 is 0.957. The van der Waals surface area contributed by atoms with Crippen molar-refractivity contribution in [3.8, 4) is 0 Å². The predicted molar refractivity (Wildman–Crippen MR) is 105 cm³/mol. The van der Waals surface area contributed by atoms with Gasteiger partial charge in [-0.05, 0) is 43.0 Å². The SMILES string of the molecule is CCOC(=O)N(C(=O)C1CNc2cc(C(F)(F)F)c(SC)cc21)c1ccccc1. The van der Waals surface area contributed by atoms with Crippen LogP contribution >= 0.6 is 11.8 Å². The number of nitrogens with one attached hydrogen (secondary N) is 1. The van der Waals surface area contributed by atoms with E-state index in [1.54, 1.807) is 43.5 Å². The molecule has 2 aromatic rings. The van der Waals surface area contributed by atoms with Crippen molar-refractivity contribution in [1.82, 2.24) is 0 Å². The zero-order chi connectivity index (χ0) is 21.2. The van der Waals surface area contributed by atoms with Gasteiger partial charge in [-0.2, -0.15) is 13.2 Å². The highest BCUT2D eigenvalue weighted by Gasteiger charge is 2.40. The minimum Gasteiger partial charge on any atom is -0.449 e. The first-order chi connectivity index (χ1) is 13.8. The third-order valence-electron chi connectivity index (χ3n) is 4.53. The Bertz CT molecular complexity index is 919. The number of fused-ring (bicyclic) bond motifs is 1. The molecule has 2 amide bonds. The molecule has 1 N–H and O–H groups in total. The molecule has 1 unspecified atom stereocenters. The van der Waals surface area contributed by atoms with Gasteiger partial charge < -0.3 is 10.1 Å². The van der Waals surface area contributed by atoms with Crippen LogP contribution in [0.3, 0.4) is 0 Å². The van der Waals surface area contributed by atoms with Gasteiger partial charge in [0.15, 0.2) is 0 Å². The van der Waals surface area contributed by atoms with E-state index in [9.17, 15) is 22.8 Å². The van der Waals surface area contributed by atoms with Gasteiger partial charge in [0.05, 0.1) is 23.8 Å². The molecule has 2 aromatic carbocycles. The molecule has 5 nitrogen and oxygen atoms in total. The van der Waals surface area contributed by atoms with Crippen molar-refractivity contribution in [3.05, 3.63) is 53.6 Å². The van der Waals surface area contributed by atoms with E-state index in [-0.39, 0.29) is 23.7 Å². The summed E-state index contributed by atoms with van der Waals surface area (Å²) in [6.45, 7) is 1.80. The maximum atomic E-state index is 13.3. The highest BCUT2D eigenvalue weighted by molar-refractivity contribution is 7.98. The third-order valence-corrected chi connectivity index (χ3v) is 5.31. The summed E-state index contributed by atoms with van der Waals surface area (Å²) in [6, 6.07) is 10.7. The zero-order valence-electron chi connectivity index (χ0n) is 15.7. The van der Waals surface area contributed by atoms with Crippen LogP contribution in [0, 0.1) is 0 Å². The number of para-hydroxylation sites is 1. The molecular weight excluding hydrogens is 405 g/mol. The Balaban J connectivity index is 2.01. The van der Waals surface area contributed by atoms with Crippen LogP contribution < -0.4 is 10.2 Å². The molecule has 0 saturated heterocycles. The van der Waals surface area contributed by atoms with E-state index in [0.29, 0.717) is 11.3 Å². The average molecular weight is 424 g/mol. The van der Waals surface area contributed by atoms with Crippen molar-refractivity contribution in [2.75, 3.05) is 29.6 Å². The molecule has 1 heterocycles. The fourth-order valence-electron chi connectivity index (χ4n) is 3.21. The quantitative estimate of drug-likeness (QED) is 0.690. The largest absolute Gasteiger partial charge is 0.449 e. The van der Waals surface area contributed by atoms with Crippen molar-refractivity contribution in [2.24, 2.45) is 0 Å². The maximum absolute atomic E-state index is 13.3. The topological polar surface area (TPSA) is 58.6 Å². The molecule has 9 heteroatoms. The number of carbonyl (C=O) groups is 2. The fourth-order valence-corrected chi connectivity index (χ4v) is 3.85. The number of thioether (sulfide) groups is 1. The Kier molecular flexibility index (Phi) is 6.07. The summed E-state index contributed by atoms with van der Waals surface area (Å²) in [5.74, 6) is -1.38. The van der Waals surface area contributed by atoms with Crippen LogP contribution in [0.5, 0.6) is 0 Å². The van der Waals surface area contributed by atoms with E-state index in [1.807, 2.05) is 0 Å². The van der Waals surface area contributed by atoms with Crippen molar-refractivity contribution < 1.29 is 27.5 Å². The van der Waals surface area contributed by atoms with Gasteiger partial charge in [0.25, 0.3) is 0 Å². The molecular formula is C20H19F3N2O3S. The zero-order valence-corrected chi connectivity index (χ0v) is 16.6. The van der Waals surface area contributed by atoms with Gasteiger partial charge in [0.1, 0.15) is 0 Å². The van der Waals surface area contributed by atoms with Crippen LogP contribution in [0.2, 0.25) is 0 Å². The number of nitrogens with zero attached hydrogens (tertiary/aromatic N) is 1. The second kappa shape index (κ2) is 8.36. The summed E-state index contributed by atoms with van der Waals surface area (Å²) in [5, 5.41) is 2.86. The Labute approximate surface area is 170 Å². The van der Waals surface area contributed by atoms with E-state index in [4.69, 9.17) is 4.74 Å². The van der Waals surface area contributed by atoms with Gasteiger partial charge in [-0.15, -0.1) is 11.8 Å². The summed E-state index contributed by atoms with van der Waals surface area (Å²) in [7, 11) is 0. The molecule has 154 valence electrons. The molecule has 3 rings (SSSR count). The Morgan fingerprint density at radius 1 is 1.24 bits per heavy atom. The smallest absolute Gasteiger partial charge is 0.421 e. The van der Waals surface area contributed by atoms with Crippen LogP contribution in [0.1, 0.15) is 24.0 Å². The molecule has 0 fully saturated rings. The van der Waals surface area contributed by atoms with Gasteiger partial charge in [0, 0.05) is 17.1 Å². The standard InChI is InChI=1S/C20H19F3N2O3S/c1-3-28-19(27)25(12-7-5-4-6-8-12)18(26)14-11-24-16-10-15(20(21,22)23)17(29-2)9-13(14)16/h4-10,14,24H,3,11H2,1-2H3. The van der Waals surface area contributed by atoms with E-state index in [0.717, 1.165) is 22.7 Å². The van der Waals surface area contributed by atoms with Gasteiger partial charge in [-0.1, -0.05) is 18.2 Å². The normalized spacial score (nSPS) is 15.4. The van der Waals surface area contributed by atoms with Gasteiger partial charge in [-0.25, -0.2) is 9.69 Å². The number of amides is 2. The number of ether oxygens (including phenoxy) is 1. The number of imide groups is 1. The number of hydrogen-bond donors (Lipinski definition) is 1. The average Bonchev–Trinajstić information content (AvgIpc) is 3.10. The number of halogens is 3. The van der Waals surface area contributed by atoms with E-state index < -0.39 is 29.7 Å². The lowest BCUT2D eigenvalue weighted by atomic mass is 9.98. The molecule has 0 spiro atoms. The highest BCUT2D eigenvalue weighted by atomic mass is 32.2. The second-order valence-corrected chi connectivity index (χ2v) is 7.13. The number of anilines is 2. The fraction of sp³-hybridized carbons (Fsp3) is 0.300. The lowest BCUT2D eigenvalue weighted by molar-refractivity contribution is -0.139. The van der Waals surface area contributed by atoms with E-state index >= 15 is 0 Å². The predicted octanol–water partition coefficient (Wildman–Crippen LogP) is 5.13. The van der Waals surface area contributed by atoms with Crippen LogP contribution in [0.15, 0.2) is 47.4 Å². The molecule has 0 radical (unpaired) electrons. The minimum atomic E-state index is -4.50. The summed E-state index contributed by atoms with van der Waals surface area (Å²) < 4.78 is 45.0. The molecule has 1 aliphatic rings. The first-order valence-electron chi connectivity index (χ1n) is 8.86. The lowest BCUT2D eigenvalue weighted by Crippen LogP contribution is -2.41. The summed E-state index contributed by atoms with van der Waals surface area (Å²) in [6.07, 6.45) is -3.78. The Hall–Kier alpha value is -2.68. The third kappa shape index (κ3) is 4.19. The van der Waals surface area contributed by atoms with E-state index in [2.05, 4.69) is 5.32 Å². The molecule has 0 aliphatic carbocycles. The highest BCUT2D eigenvalue weighted by Crippen LogP contribution is 2.43. The number of rotatable bonds is 4. The molecule has 29 heavy (non-hydrogen) atoms. The lowest BCUT2D eigenvalue weighted by Gasteiger charge is -2.23. The van der Waals surface area contributed by atoms with Gasteiger partial charge in [-0.3, -0.25) is 4.79 Å². The first kappa shape index (κ1) is 21.0. The van der Waals surface area contributed by atoms with Crippen molar-refractivity contribution in [3.63, 3.8) is 0 Å². The molecule has 1 aliphatic heterocycles. The summed E-state index contributed by atoms with van der Waals surface area (Å²) in [5.41, 5.74) is 0.249. The van der Waals surface area contributed by atoms with Gasteiger partial charge in [0.2, 0.25) is 5.91 Å². The Morgan fingerprint density at radius 3 is 2.52 bits per heavy atom.